The van der Waals surface area contributed by atoms with Gasteiger partial charge in [0.25, 0.3) is 0 Å². The Morgan fingerprint density at radius 3 is 3.09 bits per heavy atom. The van der Waals surface area contributed by atoms with E-state index >= 15 is 0 Å². The highest BCUT2D eigenvalue weighted by molar-refractivity contribution is 9.09. The molecule has 11 heavy (non-hydrogen) atoms. The number of aromatic nitrogens is 2. The van der Waals surface area contributed by atoms with Crippen LogP contribution < -0.4 is 0 Å². The minimum atomic E-state index is 0.884. The van der Waals surface area contributed by atoms with Crippen LogP contribution in [0.5, 0.6) is 0 Å². The van der Waals surface area contributed by atoms with Gasteiger partial charge in [0.15, 0.2) is 0 Å². The van der Waals surface area contributed by atoms with Gasteiger partial charge < -0.3 is 0 Å². The van der Waals surface area contributed by atoms with E-state index in [1.54, 1.807) is 10.9 Å². The highest BCUT2D eigenvalue weighted by Crippen LogP contribution is 1.92. The number of aryl methyl sites for hydroxylation is 1. The van der Waals surface area contributed by atoms with E-state index < -0.39 is 0 Å². The average Bonchev–Trinajstić information content (AvgIpc) is 2.37. The smallest absolute Gasteiger partial charge is 0.0646 e. The Morgan fingerprint density at radius 2 is 2.55 bits per heavy atom. The molecule has 1 aromatic rings. The van der Waals surface area contributed by atoms with Crippen LogP contribution in [-0.4, -0.2) is 15.1 Å². The zero-order chi connectivity index (χ0) is 8.10. The predicted molar refractivity (Wildman–Crippen MR) is 48.5 cm³/mol. The van der Waals surface area contributed by atoms with Crippen LogP contribution in [0.4, 0.5) is 0 Å². The second-order valence-electron chi connectivity index (χ2n) is 2.14. The predicted octanol–water partition coefficient (Wildman–Crippen LogP) is 1.56. The Kier molecular flexibility index (Phi) is 3.18. The third-order valence-corrected chi connectivity index (χ3v) is 1.55. The molecule has 0 amide bonds. The van der Waals surface area contributed by atoms with Gasteiger partial charge >= 0.3 is 0 Å². The van der Waals surface area contributed by atoms with Crippen LogP contribution in [0, 0.1) is 11.8 Å². The molecule has 1 rings (SSSR count). The molecule has 1 aromatic heterocycles. The van der Waals surface area contributed by atoms with E-state index in [2.05, 4.69) is 32.9 Å². The fourth-order valence-corrected chi connectivity index (χ4v) is 0.896. The van der Waals surface area contributed by atoms with Crippen LogP contribution in [0.1, 0.15) is 12.0 Å². The van der Waals surface area contributed by atoms with Crippen molar-refractivity contribution in [3.8, 4) is 11.8 Å². The van der Waals surface area contributed by atoms with Gasteiger partial charge in [0.05, 0.1) is 11.8 Å². The molecule has 0 aliphatic carbocycles. The standard InChI is InChI=1S/C8H9BrN2/c1-11-7-8(6-10-11)4-2-3-5-9/h6-7H,3,5H2,1H3. The fourth-order valence-electron chi connectivity index (χ4n) is 0.698. The topological polar surface area (TPSA) is 17.8 Å². The molecule has 0 spiro atoms. The molecule has 1 heterocycles. The fraction of sp³-hybridized carbons (Fsp3) is 0.375. The zero-order valence-electron chi connectivity index (χ0n) is 6.34. The lowest BCUT2D eigenvalue weighted by atomic mass is 10.3. The van der Waals surface area contributed by atoms with E-state index in [0.717, 1.165) is 17.3 Å². The highest BCUT2D eigenvalue weighted by atomic mass is 79.9. The zero-order valence-corrected chi connectivity index (χ0v) is 7.93. The van der Waals surface area contributed by atoms with Crippen molar-refractivity contribution in [3.05, 3.63) is 18.0 Å². The van der Waals surface area contributed by atoms with Crippen LogP contribution in [0.2, 0.25) is 0 Å². The minimum Gasteiger partial charge on any atom is -0.275 e. The molecule has 0 N–H and O–H groups in total. The summed E-state index contributed by atoms with van der Waals surface area (Å²) in [6.45, 7) is 0. The minimum absolute atomic E-state index is 0.884. The molecule has 0 bridgehead atoms. The molecule has 3 heteroatoms. The summed E-state index contributed by atoms with van der Waals surface area (Å²) in [4.78, 5) is 0. The SMILES string of the molecule is Cn1cc(C#CCCBr)cn1. The van der Waals surface area contributed by atoms with Gasteiger partial charge in [0.1, 0.15) is 0 Å². The maximum Gasteiger partial charge on any atom is 0.0646 e. The normalized spacial score (nSPS) is 8.91. The average molecular weight is 213 g/mol. The van der Waals surface area contributed by atoms with Crippen molar-refractivity contribution in [1.82, 2.24) is 9.78 Å². The number of nitrogens with zero attached hydrogens (tertiary/aromatic N) is 2. The molecular formula is C8H9BrN2. The van der Waals surface area contributed by atoms with Gasteiger partial charge in [-0.1, -0.05) is 27.8 Å². The summed E-state index contributed by atoms with van der Waals surface area (Å²) >= 11 is 3.30. The maximum absolute atomic E-state index is 4.00. The van der Waals surface area contributed by atoms with Crippen LogP contribution in [-0.2, 0) is 7.05 Å². The molecule has 0 saturated heterocycles. The molecule has 0 aromatic carbocycles. The first-order chi connectivity index (χ1) is 5.33. The number of hydrogen-bond donors (Lipinski definition) is 0. The van der Waals surface area contributed by atoms with E-state index in [1.165, 1.54) is 0 Å². The number of halogens is 1. The largest absolute Gasteiger partial charge is 0.275 e. The van der Waals surface area contributed by atoms with Crippen LogP contribution in [0.25, 0.3) is 0 Å². The molecule has 0 fully saturated rings. The van der Waals surface area contributed by atoms with Gasteiger partial charge in [0, 0.05) is 25.0 Å². The highest BCUT2D eigenvalue weighted by Gasteiger charge is 1.87. The Bertz CT molecular complexity index is 280. The van der Waals surface area contributed by atoms with Gasteiger partial charge in [-0.3, -0.25) is 4.68 Å². The molecule has 0 atom stereocenters. The van der Waals surface area contributed by atoms with Crippen molar-refractivity contribution in [3.63, 3.8) is 0 Å². The van der Waals surface area contributed by atoms with Gasteiger partial charge in [0.2, 0.25) is 0 Å². The summed E-state index contributed by atoms with van der Waals surface area (Å²) in [5.41, 5.74) is 0.980. The van der Waals surface area contributed by atoms with Crippen molar-refractivity contribution < 1.29 is 0 Å². The summed E-state index contributed by atoms with van der Waals surface area (Å²) in [6, 6.07) is 0. The first kappa shape index (κ1) is 8.35. The second kappa shape index (κ2) is 4.20. The second-order valence-corrected chi connectivity index (χ2v) is 2.94. The first-order valence-corrected chi connectivity index (χ1v) is 4.48. The van der Waals surface area contributed by atoms with Crippen molar-refractivity contribution in [2.24, 2.45) is 7.05 Å². The molecule has 0 aliphatic heterocycles. The van der Waals surface area contributed by atoms with E-state index in [9.17, 15) is 0 Å². The first-order valence-electron chi connectivity index (χ1n) is 3.36. The van der Waals surface area contributed by atoms with Gasteiger partial charge in [-0.05, 0) is 0 Å². The van der Waals surface area contributed by atoms with E-state index in [4.69, 9.17) is 0 Å². The summed E-state index contributed by atoms with van der Waals surface area (Å²) in [5, 5.41) is 4.93. The molecule has 0 aliphatic rings. The van der Waals surface area contributed by atoms with Crippen LogP contribution in [0.15, 0.2) is 12.4 Å². The molecule has 0 radical (unpaired) electrons. The third-order valence-electron chi connectivity index (χ3n) is 1.16. The number of rotatable bonds is 1. The Balaban J connectivity index is 2.59. The lowest BCUT2D eigenvalue weighted by Gasteiger charge is -1.79. The third kappa shape index (κ3) is 2.77. The van der Waals surface area contributed by atoms with Crippen molar-refractivity contribution >= 4 is 15.9 Å². The lowest BCUT2D eigenvalue weighted by molar-refractivity contribution is 0.767. The Morgan fingerprint density at radius 1 is 1.73 bits per heavy atom. The quantitative estimate of drug-likeness (QED) is 0.511. The maximum atomic E-state index is 4.00. The van der Waals surface area contributed by atoms with Crippen molar-refractivity contribution in [2.45, 2.75) is 6.42 Å². The van der Waals surface area contributed by atoms with Crippen LogP contribution >= 0.6 is 15.9 Å². The Labute approximate surface area is 74.7 Å². The number of alkyl halides is 1. The van der Waals surface area contributed by atoms with E-state index in [1.807, 2.05) is 13.2 Å². The summed E-state index contributed by atoms with van der Waals surface area (Å²) in [6.07, 6.45) is 4.55. The number of hydrogen-bond acceptors (Lipinski definition) is 1. The van der Waals surface area contributed by atoms with Gasteiger partial charge in [-0.2, -0.15) is 5.10 Å². The molecule has 2 nitrogen and oxygen atoms in total. The molecule has 0 unspecified atom stereocenters. The lowest BCUT2D eigenvalue weighted by Crippen LogP contribution is -1.83. The molecule has 0 saturated carbocycles. The molecule has 58 valence electrons. The van der Waals surface area contributed by atoms with Gasteiger partial charge in [-0.15, -0.1) is 0 Å². The summed E-state index contributed by atoms with van der Waals surface area (Å²) in [5.74, 6) is 6.02. The van der Waals surface area contributed by atoms with E-state index in [0.29, 0.717) is 0 Å². The Hall–Kier alpha value is -0.750. The van der Waals surface area contributed by atoms with Crippen LogP contribution in [0.3, 0.4) is 0 Å². The summed E-state index contributed by atoms with van der Waals surface area (Å²) in [7, 11) is 1.88. The van der Waals surface area contributed by atoms with Crippen molar-refractivity contribution in [1.29, 1.82) is 0 Å². The van der Waals surface area contributed by atoms with Gasteiger partial charge in [-0.25, -0.2) is 0 Å². The summed E-state index contributed by atoms with van der Waals surface area (Å²) < 4.78 is 1.75. The van der Waals surface area contributed by atoms with Crippen molar-refractivity contribution in [2.75, 3.05) is 5.33 Å². The van der Waals surface area contributed by atoms with E-state index in [-0.39, 0.29) is 0 Å². The molecular weight excluding hydrogens is 204 g/mol. The monoisotopic (exact) mass is 212 g/mol.